The van der Waals surface area contributed by atoms with Crippen LogP contribution in [0.5, 0.6) is 0 Å². The lowest BCUT2D eigenvalue weighted by atomic mass is 10.2. The zero-order chi connectivity index (χ0) is 14.4. The van der Waals surface area contributed by atoms with E-state index in [2.05, 4.69) is 15.5 Å². The molecule has 0 fully saturated rings. The SMILES string of the molecule is COCCOCCn1nnnc1-c1ccc(N)c(Cl)c1. The second kappa shape index (κ2) is 7.18. The van der Waals surface area contributed by atoms with Gasteiger partial charge in [0.2, 0.25) is 0 Å². The topological polar surface area (TPSA) is 88.1 Å². The van der Waals surface area contributed by atoms with Gasteiger partial charge in [0.05, 0.1) is 37.1 Å². The van der Waals surface area contributed by atoms with Crippen LogP contribution in [0, 0.1) is 0 Å². The third kappa shape index (κ3) is 3.66. The first-order valence-electron chi connectivity index (χ1n) is 6.10. The summed E-state index contributed by atoms with van der Waals surface area (Å²) in [6.45, 7) is 2.16. The number of halogens is 1. The van der Waals surface area contributed by atoms with Crippen LogP contribution >= 0.6 is 11.6 Å². The molecule has 1 heterocycles. The molecule has 0 aliphatic heterocycles. The molecule has 1 aromatic carbocycles. The number of ether oxygens (including phenoxy) is 2. The van der Waals surface area contributed by atoms with Crippen molar-refractivity contribution < 1.29 is 9.47 Å². The predicted molar refractivity (Wildman–Crippen MR) is 75.4 cm³/mol. The van der Waals surface area contributed by atoms with Gasteiger partial charge in [-0.2, -0.15) is 0 Å². The number of methoxy groups -OCH3 is 1. The summed E-state index contributed by atoms with van der Waals surface area (Å²) in [5.74, 6) is 0.627. The van der Waals surface area contributed by atoms with E-state index in [1.807, 2.05) is 6.07 Å². The van der Waals surface area contributed by atoms with Crippen LogP contribution in [-0.4, -0.2) is 47.1 Å². The molecule has 0 amide bonds. The largest absolute Gasteiger partial charge is 0.398 e. The van der Waals surface area contributed by atoms with Crippen molar-refractivity contribution in [2.75, 3.05) is 32.7 Å². The van der Waals surface area contributed by atoms with Crippen molar-refractivity contribution in [2.24, 2.45) is 0 Å². The summed E-state index contributed by atoms with van der Waals surface area (Å²) >= 11 is 6.00. The number of rotatable bonds is 7. The molecule has 20 heavy (non-hydrogen) atoms. The summed E-state index contributed by atoms with van der Waals surface area (Å²) in [6, 6.07) is 5.30. The molecule has 2 N–H and O–H groups in total. The van der Waals surface area contributed by atoms with Crippen molar-refractivity contribution in [1.82, 2.24) is 20.2 Å². The quantitative estimate of drug-likeness (QED) is 0.611. The van der Waals surface area contributed by atoms with Crippen molar-refractivity contribution in [3.8, 4) is 11.4 Å². The molecule has 7 nitrogen and oxygen atoms in total. The zero-order valence-corrected chi connectivity index (χ0v) is 11.9. The predicted octanol–water partition coefficient (Wildman–Crippen LogP) is 1.24. The number of hydrogen-bond acceptors (Lipinski definition) is 6. The van der Waals surface area contributed by atoms with Crippen LogP contribution in [0.4, 0.5) is 5.69 Å². The van der Waals surface area contributed by atoms with Gasteiger partial charge in [-0.1, -0.05) is 11.6 Å². The highest BCUT2D eigenvalue weighted by molar-refractivity contribution is 6.33. The lowest BCUT2D eigenvalue weighted by molar-refractivity contribution is 0.0654. The highest BCUT2D eigenvalue weighted by atomic mass is 35.5. The van der Waals surface area contributed by atoms with Crippen molar-refractivity contribution in [3.05, 3.63) is 23.2 Å². The Morgan fingerprint density at radius 1 is 1.30 bits per heavy atom. The Morgan fingerprint density at radius 3 is 2.90 bits per heavy atom. The van der Waals surface area contributed by atoms with Crippen molar-refractivity contribution in [3.63, 3.8) is 0 Å². The average Bonchev–Trinajstić information content (AvgIpc) is 2.90. The summed E-state index contributed by atoms with van der Waals surface area (Å²) in [5, 5.41) is 12.1. The van der Waals surface area contributed by atoms with Gasteiger partial charge in [0.1, 0.15) is 0 Å². The molecule has 0 unspecified atom stereocenters. The minimum absolute atomic E-state index is 0.480. The molecule has 0 bridgehead atoms. The minimum Gasteiger partial charge on any atom is -0.398 e. The Labute approximate surface area is 121 Å². The number of benzene rings is 1. The number of anilines is 1. The molecule has 108 valence electrons. The van der Waals surface area contributed by atoms with Crippen LogP contribution in [0.1, 0.15) is 0 Å². The van der Waals surface area contributed by atoms with E-state index in [9.17, 15) is 0 Å². The fourth-order valence-electron chi connectivity index (χ4n) is 1.62. The van der Waals surface area contributed by atoms with Crippen LogP contribution < -0.4 is 5.73 Å². The Hall–Kier alpha value is -1.70. The first-order chi connectivity index (χ1) is 9.72. The Bertz CT molecular complexity index is 561. The smallest absolute Gasteiger partial charge is 0.182 e. The maximum absolute atomic E-state index is 6.00. The average molecular weight is 298 g/mol. The molecule has 0 aliphatic rings. The maximum atomic E-state index is 6.00. The van der Waals surface area contributed by atoms with Crippen LogP contribution in [0.3, 0.4) is 0 Å². The molecule has 0 radical (unpaired) electrons. The molecule has 0 spiro atoms. The summed E-state index contributed by atoms with van der Waals surface area (Å²) < 4.78 is 12.0. The van der Waals surface area contributed by atoms with E-state index in [4.69, 9.17) is 26.8 Å². The molecular weight excluding hydrogens is 282 g/mol. The lowest BCUT2D eigenvalue weighted by Crippen LogP contribution is -2.11. The maximum Gasteiger partial charge on any atom is 0.182 e. The van der Waals surface area contributed by atoms with Gasteiger partial charge in [-0.3, -0.25) is 0 Å². The molecule has 2 aromatic rings. The zero-order valence-electron chi connectivity index (χ0n) is 11.1. The van der Waals surface area contributed by atoms with E-state index in [1.165, 1.54) is 0 Å². The lowest BCUT2D eigenvalue weighted by Gasteiger charge is -2.06. The van der Waals surface area contributed by atoms with E-state index < -0.39 is 0 Å². The fraction of sp³-hybridized carbons (Fsp3) is 0.417. The van der Waals surface area contributed by atoms with E-state index in [0.717, 1.165) is 5.56 Å². The van der Waals surface area contributed by atoms with Crippen molar-refractivity contribution in [2.45, 2.75) is 6.54 Å². The van der Waals surface area contributed by atoms with Gasteiger partial charge in [0, 0.05) is 12.7 Å². The van der Waals surface area contributed by atoms with Gasteiger partial charge in [0.15, 0.2) is 5.82 Å². The van der Waals surface area contributed by atoms with Crippen LogP contribution in [0.25, 0.3) is 11.4 Å². The second-order valence-electron chi connectivity index (χ2n) is 4.07. The Morgan fingerprint density at radius 2 is 2.15 bits per heavy atom. The van der Waals surface area contributed by atoms with Gasteiger partial charge in [-0.15, -0.1) is 5.10 Å². The number of nitrogen functional groups attached to an aromatic ring is 1. The summed E-state index contributed by atoms with van der Waals surface area (Å²) in [5.41, 5.74) is 7.02. The highest BCUT2D eigenvalue weighted by Crippen LogP contribution is 2.25. The van der Waals surface area contributed by atoms with E-state index in [1.54, 1.807) is 23.9 Å². The Kier molecular flexibility index (Phi) is 5.28. The van der Waals surface area contributed by atoms with Gasteiger partial charge in [0.25, 0.3) is 0 Å². The van der Waals surface area contributed by atoms with Crippen molar-refractivity contribution >= 4 is 17.3 Å². The molecule has 8 heteroatoms. The minimum atomic E-state index is 0.480. The normalized spacial score (nSPS) is 10.9. The molecule has 0 atom stereocenters. The third-order valence-corrected chi connectivity index (χ3v) is 3.00. The molecular formula is C12H16ClN5O2. The standard InChI is InChI=1S/C12H16ClN5O2/c1-19-6-7-20-5-4-18-12(15-16-17-18)9-2-3-11(14)10(13)8-9/h2-3,8H,4-7,14H2,1H3. The van der Waals surface area contributed by atoms with Gasteiger partial charge >= 0.3 is 0 Å². The van der Waals surface area contributed by atoms with Crippen LogP contribution in [-0.2, 0) is 16.0 Å². The second-order valence-corrected chi connectivity index (χ2v) is 4.47. The molecule has 1 aromatic heterocycles. The van der Waals surface area contributed by atoms with Gasteiger partial charge in [-0.25, -0.2) is 4.68 Å². The van der Waals surface area contributed by atoms with Crippen LogP contribution in [0.15, 0.2) is 18.2 Å². The van der Waals surface area contributed by atoms with E-state index >= 15 is 0 Å². The number of aromatic nitrogens is 4. The number of nitrogens with zero attached hydrogens (tertiary/aromatic N) is 4. The number of nitrogens with two attached hydrogens (primary N) is 1. The molecule has 0 saturated carbocycles. The number of tetrazole rings is 1. The third-order valence-electron chi connectivity index (χ3n) is 2.67. The first kappa shape index (κ1) is 14.7. The van der Waals surface area contributed by atoms with E-state index in [0.29, 0.717) is 42.9 Å². The molecule has 0 aliphatic carbocycles. The summed E-state index contributed by atoms with van der Waals surface area (Å²) in [7, 11) is 1.63. The fourth-order valence-corrected chi connectivity index (χ4v) is 1.80. The summed E-state index contributed by atoms with van der Waals surface area (Å²) in [4.78, 5) is 0. The monoisotopic (exact) mass is 297 g/mol. The highest BCUT2D eigenvalue weighted by Gasteiger charge is 2.10. The summed E-state index contributed by atoms with van der Waals surface area (Å²) in [6.07, 6.45) is 0. The van der Waals surface area contributed by atoms with Crippen LogP contribution in [0.2, 0.25) is 5.02 Å². The van der Waals surface area contributed by atoms with E-state index in [-0.39, 0.29) is 0 Å². The first-order valence-corrected chi connectivity index (χ1v) is 6.48. The Balaban J connectivity index is 2.02. The van der Waals surface area contributed by atoms with Crippen molar-refractivity contribution in [1.29, 1.82) is 0 Å². The molecule has 2 rings (SSSR count). The number of hydrogen-bond donors (Lipinski definition) is 1. The van der Waals surface area contributed by atoms with Gasteiger partial charge < -0.3 is 15.2 Å². The molecule has 0 saturated heterocycles. The van der Waals surface area contributed by atoms with Gasteiger partial charge in [-0.05, 0) is 28.6 Å².